The van der Waals surface area contributed by atoms with Crippen molar-refractivity contribution in [1.29, 1.82) is 0 Å². The van der Waals surface area contributed by atoms with Crippen molar-refractivity contribution in [3.8, 4) is 0 Å². The van der Waals surface area contributed by atoms with E-state index in [0.717, 1.165) is 15.7 Å². The molecule has 0 bridgehead atoms. The Labute approximate surface area is 148 Å². The molecule has 0 spiro atoms. The first-order valence-electron chi connectivity index (χ1n) is 7.39. The summed E-state index contributed by atoms with van der Waals surface area (Å²) in [5.41, 5.74) is 2.18. The summed E-state index contributed by atoms with van der Waals surface area (Å²) in [5, 5.41) is 5.94. The molecule has 0 saturated heterocycles. The van der Waals surface area contributed by atoms with Crippen LogP contribution in [-0.2, 0) is 6.54 Å². The van der Waals surface area contributed by atoms with Crippen molar-refractivity contribution in [1.82, 2.24) is 15.3 Å². The number of nitrogens with zero attached hydrogens (tertiary/aromatic N) is 2. The Balaban J connectivity index is 1.68. The first kappa shape index (κ1) is 16.1. The zero-order valence-corrected chi connectivity index (χ0v) is 14.3. The number of benzene rings is 2. The Bertz CT molecular complexity index is 839. The van der Waals surface area contributed by atoms with Gasteiger partial charge in [0.1, 0.15) is 5.69 Å². The lowest BCUT2D eigenvalue weighted by Crippen LogP contribution is -2.24. The van der Waals surface area contributed by atoms with Crippen LogP contribution in [0, 0.1) is 0 Å². The van der Waals surface area contributed by atoms with Gasteiger partial charge < -0.3 is 10.6 Å². The van der Waals surface area contributed by atoms with Gasteiger partial charge in [-0.05, 0) is 39.7 Å². The van der Waals surface area contributed by atoms with Crippen LogP contribution in [0.4, 0.5) is 11.6 Å². The minimum Gasteiger partial charge on any atom is -0.347 e. The lowest BCUT2D eigenvalue weighted by molar-refractivity contribution is 0.0946. The molecular formula is C18H15BrN4O. The quantitative estimate of drug-likeness (QED) is 0.701. The summed E-state index contributed by atoms with van der Waals surface area (Å²) in [6.45, 7) is 0.455. The number of hydrogen-bond donors (Lipinski definition) is 2. The van der Waals surface area contributed by atoms with Gasteiger partial charge in [0.15, 0.2) is 0 Å². The standard InChI is InChI=1S/C18H15BrN4O/c19-14-8-4-5-9-15(14)22-18-20-11-10-16(23-18)17(24)21-12-13-6-2-1-3-7-13/h1-11H,12H2,(H,21,24)(H,20,22,23). The highest BCUT2D eigenvalue weighted by Crippen LogP contribution is 2.23. The molecule has 0 aliphatic rings. The maximum Gasteiger partial charge on any atom is 0.270 e. The molecule has 0 atom stereocenters. The molecule has 0 aliphatic heterocycles. The maximum atomic E-state index is 12.3. The Morgan fingerprint density at radius 1 is 1.00 bits per heavy atom. The summed E-state index contributed by atoms with van der Waals surface area (Å²) >= 11 is 3.45. The molecule has 0 unspecified atom stereocenters. The van der Waals surface area contributed by atoms with Crippen LogP contribution < -0.4 is 10.6 Å². The highest BCUT2D eigenvalue weighted by Gasteiger charge is 2.09. The fourth-order valence-corrected chi connectivity index (χ4v) is 2.48. The summed E-state index contributed by atoms with van der Waals surface area (Å²) < 4.78 is 0.896. The number of carbonyl (C=O) groups is 1. The maximum absolute atomic E-state index is 12.3. The van der Waals surface area contributed by atoms with Crippen LogP contribution in [0.5, 0.6) is 0 Å². The molecule has 1 amide bonds. The van der Waals surface area contributed by atoms with Gasteiger partial charge in [-0.1, -0.05) is 42.5 Å². The second kappa shape index (κ2) is 7.70. The number of rotatable bonds is 5. The van der Waals surface area contributed by atoms with E-state index in [1.54, 1.807) is 12.3 Å². The van der Waals surface area contributed by atoms with Crippen LogP contribution in [0.2, 0.25) is 0 Å². The van der Waals surface area contributed by atoms with Gasteiger partial charge >= 0.3 is 0 Å². The lowest BCUT2D eigenvalue weighted by Gasteiger charge is -2.08. The fourth-order valence-electron chi connectivity index (χ4n) is 2.10. The molecule has 1 heterocycles. The van der Waals surface area contributed by atoms with E-state index in [9.17, 15) is 4.79 Å². The van der Waals surface area contributed by atoms with Crippen LogP contribution >= 0.6 is 15.9 Å². The fraction of sp³-hybridized carbons (Fsp3) is 0.0556. The van der Waals surface area contributed by atoms with Crippen LogP contribution in [0.15, 0.2) is 71.3 Å². The molecule has 2 N–H and O–H groups in total. The van der Waals surface area contributed by atoms with E-state index in [1.807, 2.05) is 54.6 Å². The molecule has 0 saturated carbocycles. The van der Waals surface area contributed by atoms with E-state index < -0.39 is 0 Å². The van der Waals surface area contributed by atoms with Gasteiger partial charge in [-0.3, -0.25) is 4.79 Å². The van der Waals surface area contributed by atoms with E-state index in [1.165, 1.54) is 0 Å². The first-order chi connectivity index (χ1) is 11.7. The number of nitrogens with one attached hydrogen (secondary N) is 2. The minimum atomic E-state index is -0.239. The third-order valence-corrected chi connectivity index (χ3v) is 4.00. The second-order valence-electron chi connectivity index (χ2n) is 5.04. The number of amides is 1. The van der Waals surface area contributed by atoms with Crippen molar-refractivity contribution in [2.45, 2.75) is 6.54 Å². The van der Waals surface area contributed by atoms with E-state index >= 15 is 0 Å². The van der Waals surface area contributed by atoms with Crippen LogP contribution in [0.3, 0.4) is 0 Å². The topological polar surface area (TPSA) is 66.9 Å². The van der Waals surface area contributed by atoms with E-state index in [-0.39, 0.29) is 5.91 Å². The van der Waals surface area contributed by atoms with Gasteiger partial charge in [-0.2, -0.15) is 0 Å². The normalized spacial score (nSPS) is 10.2. The molecule has 0 aliphatic carbocycles. The van der Waals surface area contributed by atoms with E-state index in [4.69, 9.17) is 0 Å². The number of hydrogen-bond acceptors (Lipinski definition) is 4. The average molecular weight is 383 g/mol. The van der Waals surface area contributed by atoms with Crippen molar-refractivity contribution in [3.63, 3.8) is 0 Å². The summed E-state index contributed by atoms with van der Waals surface area (Å²) in [7, 11) is 0. The Hall–Kier alpha value is -2.73. The highest BCUT2D eigenvalue weighted by atomic mass is 79.9. The van der Waals surface area contributed by atoms with Crippen LogP contribution in [0.25, 0.3) is 0 Å². The summed E-state index contributed by atoms with van der Waals surface area (Å²) in [4.78, 5) is 20.7. The van der Waals surface area contributed by atoms with Gasteiger partial charge in [-0.15, -0.1) is 0 Å². The number of para-hydroxylation sites is 1. The number of anilines is 2. The van der Waals surface area contributed by atoms with Crippen molar-refractivity contribution < 1.29 is 4.79 Å². The molecule has 5 nitrogen and oxygen atoms in total. The Morgan fingerprint density at radius 3 is 2.54 bits per heavy atom. The largest absolute Gasteiger partial charge is 0.347 e. The number of aromatic nitrogens is 2. The third kappa shape index (κ3) is 4.17. The highest BCUT2D eigenvalue weighted by molar-refractivity contribution is 9.10. The molecule has 3 aromatic rings. The average Bonchev–Trinajstić information content (AvgIpc) is 2.63. The Kier molecular flexibility index (Phi) is 5.18. The van der Waals surface area contributed by atoms with Gasteiger partial charge in [-0.25, -0.2) is 9.97 Å². The van der Waals surface area contributed by atoms with Gasteiger partial charge in [0, 0.05) is 17.2 Å². The Morgan fingerprint density at radius 2 is 1.75 bits per heavy atom. The first-order valence-corrected chi connectivity index (χ1v) is 8.18. The molecule has 1 aromatic heterocycles. The predicted molar refractivity (Wildman–Crippen MR) is 97.1 cm³/mol. The monoisotopic (exact) mass is 382 g/mol. The minimum absolute atomic E-state index is 0.239. The zero-order chi connectivity index (χ0) is 16.8. The van der Waals surface area contributed by atoms with Crippen molar-refractivity contribution in [3.05, 3.63) is 82.6 Å². The smallest absolute Gasteiger partial charge is 0.270 e. The van der Waals surface area contributed by atoms with Crippen molar-refractivity contribution in [2.75, 3.05) is 5.32 Å². The van der Waals surface area contributed by atoms with Gasteiger partial charge in [0.2, 0.25) is 5.95 Å². The molecule has 0 radical (unpaired) electrons. The van der Waals surface area contributed by atoms with Crippen LogP contribution in [0.1, 0.15) is 16.1 Å². The lowest BCUT2D eigenvalue weighted by atomic mass is 10.2. The summed E-state index contributed by atoms with van der Waals surface area (Å²) in [6.07, 6.45) is 1.56. The van der Waals surface area contributed by atoms with Crippen LogP contribution in [-0.4, -0.2) is 15.9 Å². The molecular weight excluding hydrogens is 368 g/mol. The zero-order valence-electron chi connectivity index (χ0n) is 12.7. The molecule has 0 fully saturated rings. The second-order valence-corrected chi connectivity index (χ2v) is 5.89. The van der Waals surface area contributed by atoms with Crippen molar-refractivity contribution >= 4 is 33.5 Å². The van der Waals surface area contributed by atoms with E-state index in [2.05, 4.69) is 36.5 Å². The molecule has 120 valence electrons. The third-order valence-electron chi connectivity index (χ3n) is 3.30. The molecule has 24 heavy (non-hydrogen) atoms. The molecule has 3 rings (SSSR count). The van der Waals surface area contributed by atoms with Gasteiger partial charge in [0.25, 0.3) is 5.91 Å². The van der Waals surface area contributed by atoms with Gasteiger partial charge in [0.05, 0.1) is 5.69 Å². The predicted octanol–water partition coefficient (Wildman–Crippen LogP) is 3.91. The SMILES string of the molecule is O=C(NCc1ccccc1)c1ccnc(Nc2ccccc2Br)n1. The van der Waals surface area contributed by atoms with E-state index in [0.29, 0.717) is 18.2 Å². The van der Waals surface area contributed by atoms with Crippen molar-refractivity contribution in [2.24, 2.45) is 0 Å². The summed E-state index contributed by atoms with van der Waals surface area (Å²) in [5.74, 6) is 0.130. The molecule has 2 aromatic carbocycles. The summed E-state index contributed by atoms with van der Waals surface area (Å²) in [6, 6.07) is 19.0. The molecule has 6 heteroatoms. The number of halogens is 1. The number of carbonyl (C=O) groups excluding carboxylic acids is 1.